The first kappa shape index (κ1) is 14.8. The van der Waals surface area contributed by atoms with E-state index in [-0.39, 0.29) is 5.91 Å². The third-order valence-corrected chi connectivity index (χ3v) is 2.99. The molecule has 0 spiro atoms. The first-order valence-electron chi connectivity index (χ1n) is 6.92. The van der Waals surface area contributed by atoms with Crippen LogP contribution in [0.5, 0.6) is 0 Å². The second kappa shape index (κ2) is 7.85. The number of carbonyl (C=O) groups is 1. The molecule has 0 saturated heterocycles. The average Bonchev–Trinajstić information content (AvgIpc) is 2.54. The van der Waals surface area contributed by atoms with E-state index in [0.717, 1.165) is 18.7 Å². The van der Waals surface area contributed by atoms with E-state index >= 15 is 0 Å². The highest BCUT2D eigenvalue weighted by Gasteiger charge is 2.06. The molecule has 4 heteroatoms. The fraction of sp³-hybridized carbons (Fsp3) is 0.176. The maximum Gasteiger partial charge on any atom is 0.270 e. The van der Waals surface area contributed by atoms with Crippen LogP contribution in [0.4, 0.5) is 5.69 Å². The van der Waals surface area contributed by atoms with Gasteiger partial charge in [0.05, 0.1) is 0 Å². The van der Waals surface area contributed by atoms with Gasteiger partial charge in [0.1, 0.15) is 5.69 Å². The summed E-state index contributed by atoms with van der Waals surface area (Å²) in [5, 5.41) is 6.01. The highest BCUT2D eigenvalue weighted by molar-refractivity contribution is 5.93. The number of nitrogens with one attached hydrogen (secondary N) is 2. The highest BCUT2D eigenvalue weighted by atomic mass is 16.1. The molecule has 108 valence electrons. The Labute approximate surface area is 124 Å². The molecule has 2 rings (SSSR count). The van der Waals surface area contributed by atoms with Gasteiger partial charge in [-0.1, -0.05) is 36.4 Å². The Morgan fingerprint density at radius 2 is 2.05 bits per heavy atom. The zero-order chi connectivity index (χ0) is 14.9. The largest absolute Gasteiger partial charge is 0.385 e. The number of nitrogens with zero attached hydrogens (tertiary/aromatic N) is 1. The lowest BCUT2D eigenvalue weighted by Gasteiger charge is -2.08. The molecule has 21 heavy (non-hydrogen) atoms. The van der Waals surface area contributed by atoms with Crippen molar-refractivity contribution < 1.29 is 4.79 Å². The van der Waals surface area contributed by atoms with E-state index in [4.69, 9.17) is 0 Å². The van der Waals surface area contributed by atoms with Gasteiger partial charge in [0.15, 0.2) is 0 Å². The summed E-state index contributed by atoms with van der Waals surface area (Å²) in [4.78, 5) is 15.9. The fourth-order valence-corrected chi connectivity index (χ4v) is 1.92. The lowest BCUT2D eigenvalue weighted by atomic mass is 10.1. The molecule has 2 aromatic rings. The number of aromatic nitrogens is 1. The van der Waals surface area contributed by atoms with Crippen LogP contribution in [0.25, 0.3) is 0 Å². The Hall–Kier alpha value is -2.62. The molecule has 0 saturated carbocycles. The molecule has 1 heterocycles. The lowest BCUT2D eigenvalue weighted by molar-refractivity contribution is 0.0953. The fourth-order valence-electron chi connectivity index (χ4n) is 1.92. The van der Waals surface area contributed by atoms with Crippen molar-refractivity contribution in [2.24, 2.45) is 0 Å². The van der Waals surface area contributed by atoms with Gasteiger partial charge in [0.25, 0.3) is 5.91 Å². The van der Waals surface area contributed by atoms with Gasteiger partial charge in [0.2, 0.25) is 0 Å². The van der Waals surface area contributed by atoms with E-state index < -0.39 is 0 Å². The average molecular weight is 281 g/mol. The van der Waals surface area contributed by atoms with Crippen LogP contribution in [0, 0.1) is 0 Å². The summed E-state index contributed by atoms with van der Waals surface area (Å²) < 4.78 is 0. The van der Waals surface area contributed by atoms with Gasteiger partial charge in [-0.15, -0.1) is 6.58 Å². The van der Waals surface area contributed by atoms with Gasteiger partial charge in [-0.2, -0.15) is 0 Å². The highest BCUT2D eigenvalue weighted by Crippen LogP contribution is 2.08. The molecule has 0 bridgehead atoms. The summed E-state index contributed by atoms with van der Waals surface area (Å²) in [5.41, 5.74) is 2.58. The molecule has 1 aromatic heterocycles. The molecule has 4 nitrogen and oxygen atoms in total. The number of carbonyl (C=O) groups excluding carboxylic acids is 1. The molecule has 0 radical (unpaired) electrons. The number of hydrogen-bond donors (Lipinski definition) is 2. The van der Waals surface area contributed by atoms with Crippen molar-refractivity contribution in [3.8, 4) is 0 Å². The van der Waals surface area contributed by atoms with Crippen LogP contribution in [-0.4, -0.2) is 24.0 Å². The second-order valence-electron chi connectivity index (χ2n) is 4.59. The SMILES string of the molecule is C=CCNC(=O)c1cc(NCCc2ccccc2)ccn1. The normalized spacial score (nSPS) is 9.90. The number of hydrogen-bond acceptors (Lipinski definition) is 3. The molecule has 0 aliphatic carbocycles. The second-order valence-corrected chi connectivity index (χ2v) is 4.59. The maximum atomic E-state index is 11.8. The van der Waals surface area contributed by atoms with E-state index in [0.29, 0.717) is 12.2 Å². The van der Waals surface area contributed by atoms with E-state index in [1.807, 2.05) is 24.3 Å². The summed E-state index contributed by atoms with van der Waals surface area (Å²) in [5.74, 6) is -0.193. The molecular formula is C17H19N3O. The van der Waals surface area contributed by atoms with Crippen molar-refractivity contribution in [2.45, 2.75) is 6.42 Å². The number of amides is 1. The quantitative estimate of drug-likeness (QED) is 0.767. The summed E-state index contributed by atoms with van der Waals surface area (Å²) in [7, 11) is 0. The predicted octanol–water partition coefficient (Wildman–Crippen LogP) is 2.65. The summed E-state index contributed by atoms with van der Waals surface area (Å²) in [6.45, 7) is 4.81. The Kier molecular flexibility index (Phi) is 5.52. The molecule has 0 aliphatic heterocycles. The molecule has 0 fully saturated rings. The number of rotatable bonds is 7. The smallest absolute Gasteiger partial charge is 0.270 e. The Balaban J connectivity index is 1.89. The maximum absolute atomic E-state index is 11.8. The first-order valence-corrected chi connectivity index (χ1v) is 6.92. The summed E-state index contributed by atoms with van der Waals surface area (Å²) in [6.07, 6.45) is 4.20. The van der Waals surface area contributed by atoms with Crippen molar-refractivity contribution in [3.63, 3.8) is 0 Å². The minimum absolute atomic E-state index is 0.193. The zero-order valence-electron chi connectivity index (χ0n) is 11.9. The zero-order valence-corrected chi connectivity index (χ0v) is 11.9. The Morgan fingerprint density at radius 1 is 1.24 bits per heavy atom. The topological polar surface area (TPSA) is 54.0 Å². The molecular weight excluding hydrogens is 262 g/mol. The molecule has 0 aliphatic rings. The minimum atomic E-state index is -0.193. The van der Waals surface area contributed by atoms with E-state index in [9.17, 15) is 4.79 Å². The van der Waals surface area contributed by atoms with Gasteiger partial charge in [-0.05, 0) is 24.1 Å². The van der Waals surface area contributed by atoms with Crippen LogP contribution in [-0.2, 0) is 6.42 Å². The molecule has 0 unspecified atom stereocenters. The monoisotopic (exact) mass is 281 g/mol. The van der Waals surface area contributed by atoms with Crippen LogP contribution in [0.3, 0.4) is 0 Å². The van der Waals surface area contributed by atoms with Crippen LogP contribution in [0.15, 0.2) is 61.3 Å². The molecule has 1 amide bonds. The van der Waals surface area contributed by atoms with Gasteiger partial charge >= 0.3 is 0 Å². The Morgan fingerprint density at radius 3 is 2.81 bits per heavy atom. The third kappa shape index (κ3) is 4.76. The number of benzene rings is 1. The van der Waals surface area contributed by atoms with E-state index in [1.165, 1.54) is 5.56 Å². The van der Waals surface area contributed by atoms with Crippen LogP contribution in [0.2, 0.25) is 0 Å². The lowest BCUT2D eigenvalue weighted by Crippen LogP contribution is -2.24. The van der Waals surface area contributed by atoms with Crippen molar-refractivity contribution >= 4 is 11.6 Å². The van der Waals surface area contributed by atoms with Crippen LogP contribution < -0.4 is 10.6 Å². The molecule has 0 atom stereocenters. The van der Waals surface area contributed by atoms with Gasteiger partial charge in [0, 0.05) is 25.0 Å². The standard InChI is InChI=1S/C17H19N3O/c1-2-10-20-17(21)16-13-15(9-12-19-16)18-11-8-14-6-4-3-5-7-14/h2-7,9,12-13H,1,8,10-11H2,(H,18,19)(H,20,21). The van der Waals surface area contributed by atoms with Crippen molar-refractivity contribution in [1.29, 1.82) is 0 Å². The molecule has 2 N–H and O–H groups in total. The number of anilines is 1. The van der Waals surface area contributed by atoms with Crippen molar-refractivity contribution in [2.75, 3.05) is 18.4 Å². The van der Waals surface area contributed by atoms with Gasteiger partial charge in [-0.3, -0.25) is 9.78 Å². The van der Waals surface area contributed by atoms with Crippen molar-refractivity contribution in [3.05, 3.63) is 72.6 Å². The van der Waals surface area contributed by atoms with Crippen molar-refractivity contribution in [1.82, 2.24) is 10.3 Å². The Bertz CT molecular complexity index is 596. The summed E-state index contributed by atoms with van der Waals surface area (Å²) in [6, 6.07) is 13.9. The van der Waals surface area contributed by atoms with Gasteiger partial charge in [-0.25, -0.2) is 0 Å². The minimum Gasteiger partial charge on any atom is -0.385 e. The third-order valence-electron chi connectivity index (χ3n) is 2.99. The van der Waals surface area contributed by atoms with Crippen LogP contribution >= 0.6 is 0 Å². The van der Waals surface area contributed by atoms with E-state index in [1.54, 1.807) is 18.3 Å². The van der Waals surface area contributed by atoms with Crippen LogP contribution in [0.1, 0.15) is 16.1 Å². The predicted molar refractivity (Wildman–Crippen MR) is 85.4 cm³/mol. The summed E-state index contributed by atoms with van der Waals surface area (Å²) >= 11 is 0. The molecule has 1 aromatic carbocycles. The van der Waals surface area contributed by atoms with Gasteiger partial charge < -0.3 is 10.6 Å². The first-order chi connectivity index (χ1) is 10.3. The van der Waals surface area contributed by atoms with E-state index in [2.05, 4.69) is 34.3 Å². The number of pyridine rings is 1.